The van der Waals surface area contributed by atoms with E-state index in [2.05, 4.69) is 0 Å². The molecule has 3 aromatic rings. The standard InChI is InChI=1S/C26H18ClN3O5/c27-21-9-4-5-10-22(21)30-24(32)19-12-11-17(15-20(19)25(30)33)26(34)35-16-23(31)29(14-6-13-28)18-7-2-1-3-8-18/h1-5,7-12,15H,6,14,16H2. The molecule has 3 amide bonds. The number of ether oxygens (including phenoxy) is 1. The van der Waals surface area contributed by atoms with E-state index in [4.69, 9.17) is 21.6 Å². The van der Waals surface area contributed by atoms with E-state index in [9.17, 15) is 19.2 Å². The minimum atomic E-state index is -0.828. The van der Waals surface area contributed by atoms with Crippen molar-refractivity contribution >= 4 is 46.7 Å². The number of halogens is 1. The maximum Gasteiger partial charge on any atom is 0.338 e. The van der Waals surface area contributed by atoms with Crippen molar-refractivity contribution < 1.29 is 23.9 Å². The molecule has 0 radical (unpaired) electrons. The quantitative estimate of drug-likeness (QED) is 0.364. The van der Waals surface area contributed by atoms with Crippen LogP contribution in [0.5, 0.6) is 0 Å². The number of amides is 3. The third kappa shape index (κ3) is 4.76. The number of hydrogen-bond acceptors (Lipinski definition) is 6. The number of esters is 1. The zero-order valence-corrected chi connectivity index (χ0v) is 19.1. The molecular formula is C26H18ClN3O5. The maximum atomic E-state index is 13.0. The van der Waals surface area contributed by atoms with E-state index in [1.54, 1.807) is 54.6 Å². The van der Waals surface area contributed by atoms with E-state index in [0.29, 0.717) is 5.69 Å². The average molecular weight is 488 g/mol. The van der Waals surface area contributed by atoms with Gasteiger partial charge < -0.3 is 9.64 Å². The average Bonchev–Trinajstić information content (AvgIpc) is 3.13. The summed E-state index contributed by atoms with van der Waals surface area (Å²) in [6.07, 6.45) is 0.109. The van der Waals surface area contributed by atoms with Crippen LogP contribution in [0.2, 0.25) is 5.02 Å². The molecule has 0 N–H and O–H groups in total. The van der Waals surface area contributed by atoms with Gasteiger partial charge in [0.25, 0.3) is 17.7 Å². The van der Waals surface area contributed by atoms with Crippen LogP contribution in [0.1, 0.15) is 37.5 Å². The zero-order valence-electron chi connectivity index (χ0n) is 18.3. The summed E-state index contributed by atoms with van der Waals surface area (Å²) in [5, 5.41) is 9.13. The molecule has 35 heavy (non-hydrogen) atoms. The van der Waals surface area contributed by atoms with Gasteiger partial charge in [0.05, 0.1) is 39.9 Å². The van der Waals surface area contributed by atoms with Crippen LogP contribution >= 0.6 is 11.6 Å². The smallest absolute Gasteiger partial charge is 0.338 e. The monoisotopic (exact) mass is 487 g/mol. The fourth-order valence-electron chi connectivity index (χ4n) is 3.68. The van der Waals surface area contributed by atoms with Crippen molar-refractivity contribution in [2.45, 2.75) is 6.42 Å². The predicted octanol–water partition coefficient (Wildman–Crippen LogP) is 4.24. The molecule has 9 heteroatoms. The first-order chi connectivity index (χ1) is 16.9. The van der Waals surface area contributed by atoms with E-state index in [0.717, 1.165) is 4.90 Å². The molecular weight excluding hydrogens is 470 g/mol. The van der Waals surface area contributed by atoms with E-state index in [1.807, 2.05) is 6.07 Å². The van der Waals surface area contributed by atoms with Gasteiger partial charge in [0, 0.05) is 12.2 Å². The Bertz CT molecular complexity index is 1370. The summed E-state index contributed by atoms with van der Waals surface area (Å²) in [5.74, 6) is -2.50. The van der Waals surface area contributed by atoms with Crippen LogP contribution in [-0.4, -0.2) is 36.8 Å². The van der Waals surface area contributed by atoms with E-state index < -0.39 is 30.3 Å². The number of carbonyl (C=O) groups excluding carboxylic acids is 4. The summed E-state index contributed by atoms with van der Waals surface area (Å²) in [7, 11) is 0. The van der Waals surface area contributed by atoms with Crippen LogP contribution < -0.4 is 9.80 Å². The highest BCUT2D eigenvalue weighted by Gasteiger charge is 2.38. The number of imide groups is 1. The summed E-state index contributed by atoms with van der Waals surface area (Å²) in [6, 6.07) is 21.2. The summed E-state index contributed by atoms with van der Waals surface area (Å²) < 4.78 is 5.18. The Morgan fingerprint density at radius 1 is 0.943 bits per heavy atom. The van der Waals surface area contributed by atoms with Crippen LogP contribution in [0.15, 0.2) is 72.8 Å². The summed E-state index contributed by atoms with van der Waals surface area (Å²) in [5.41, 5.74) is 1.01. The molecule has 0 saturated carbocycles. The molecule has 0 atom stereocenters. The summed E-state index contributed by atoms with van der Waals surface area (Å²) in [4.78, 5) is 53.4. The molecule has 174 valence electrons. The number of para-hydroxylation sites is 2. The van der Waals surface area contributed by atoms with E-state index >= 15 is 0 Å². The van der Waals surface area contributed by atoms with Gasteiger partial charge in [-0.25, -0.2) is 9.69 Å². The molecule has 1 heterocycles. The molecule has 0 fully saturated rings. The van der Waals surface area contributed by atoms with Gasteiger partial charge in [0.15, 0.2) is 6.61 Å². The molecule has 0 spiro atoms. The molecule has 0 aliphatic carbocycles. The van der Waals surface area contributed by atoms with Gasteiger partial charge in [0.2, 0.25) is 0 Å². The molecule has 3 aromatic carbocycles. The maximum absolute atomic E-state index is 13.0. The number of benzene rings is 3. The molecule has 0 bridgehead atoms. The zero-order chi connectivity index (χ0) is 24.9. The fourth-order valence-corrected chi connectivity index (χ4v) is 3.90. The Morgan fingerprint density at radius 3 is 2.34 bits per heavy atom. The number of nitriles is 1. The Morgan fingerprint density at radius 2 is 1.63 bits per heavy atom. The number of nitrogens with zero attached hydrogens (tertiary/aromatic N) is 3. The highest BCUT2D eigenvalue weighted by Crippen LogP contribution is 2.33. The van der Waals surface area contributed by atoms with Crippen molar-refractivity contribution in [3.05, 3.63) is 94.5 Å². The van der Waals surface area contributed by atoms with Gasteiger partial charge in [-0.1, -0.05) is 41.9 Å². The van der Waals surface area contributed by atoms with Crippen LogP contribution in [-0.2, 0) is 9.53 Å². The molecule has 0 aromatic heterocycles. The van der Waals surface area contributed by atoms with Crippen LogP contribution in [0.3, 0.4) is 0 Å². The van der Waals surface area contributed by atoms with Crippen LogP contribution in [0, 0.1) is 11.3 Å². The van der Waals surface area contributed by atoms with Gasteiger partial charge in [-0.05, 0) is 42.5 Å². The lowest BCUT2D eigenvalue weighted by Crippen LogP contribution is -2.35. The van der Waals surface area contributed by atoms with E-state index in [1.165, 1.54) is 23.1 Å². The number of anilines is 2. The van der Waals surface area contributed by atoms with Crippen LogP contribution in [0.4, 0.5) is 11.4 Å². The Kier molecular flexibility index (Phi) is 6.90. The number of carbonyl (C=O) groups is 4. The minimum Gasteiger partial charge on any atom is -0.452 e. The molecule has 1 aliphatic rings. The highest BCUT2D eigenvalue weighted by atomic mass is 35.5. The second-order valence-electron chi connectivity index (χ2n) is 7.52. The second-order valence-corrected chi connectivity index (χ2v) is 7.93. The topological polar surface area (TPSA) is 108 Å². The Labute approximate surface area is 205 Å². The number of fused-ring (bicyclic) bond motifs is 1. The third-order valence-electron chi connectivity index (χ3n) is 5.36. The first-order valence-electron chi connectivity index (χ1n) is 10.6. The van der Waals surface area contributed by atoms with Crippen molar-refractivity contribution in [1.29, 1.82) is 5.26 Å². The Balaban J connectivity index is 1.49. The van der Waals surface area contributed by atoms with E-state index in [-0.39, 0.29) is 40.4 Å². The van der Waals surface area contributed by atoms with Crippen LogP contribution in [0.25, 0.3) is 0 Å². The molecule has 0 saturated heterocycles. The minimum absolute atomic E-state index is 0.0157. The van der Waals surface area contributed by atoms with Gasteiger partial charge in [0.1, 0.15) is 0 Å². The molecule has 4 rings (SSSR count). The van der Waals surface area contributed by atoms with Gasteiger partial charge >= 0.3 is 5.97 Å². The third-order valence-corrected chi connectivity index (χ3v) is 5.68. The molecule has 1 aliphatic heterocycles. The van der Waals surface area contributed by atoms with Gasteiger partial charge in [-0.2, -0.15) is 5.26 Å². The number of hydrogen-bond donors (Lipinski definition) is 0. The normalized spacial score (nSPS) is 12.2. The van der Waals surface area contributed by atoms with Crippen molar-refractivity contribution in [2.75, 3.05) is 23.0 Å². The summed E-state index contributed by atoms with van der Waals surface area (Å²) in [6.45, 7) is -0.418. The largest absolute Gasteiger partial charge is 0.452 e. The van der Waals surface area contributed by atoms with Crippen molar-refractivity contribution in [3.8, 4) is 6.07 Å². The van der Waals surface area contributed by atoms with Crippen molar-refractivity contribution in [2.24, 2.45) is 0 Å². The van der Waals surface area contributed by atoms with Gasteiger partial charge in [-0.3, -0.25) is 14.4 Å². The molecule has 8 nitrogen and oxygen atoms in total. The number of rotatable bonds is 7. The lowest BCUT2D eigenvalue weighted by atomic mass is 10.1. The van der Waals surface area contributed by atoms with Gasteiger partial charge in [-0.15, -0.1) is 0 Å². The molecule has 0 unspecified atom stereocenters. The first-order valence-corrected chi connectivity index (χ1v) is 11.0. The Hall–Kier alpha value is -4.48. The lowest BCUT2D eigenvalue weighted by Gasteiger charge is -2.21. The van der Waals surface area contributed by atoms with Crippen molar-refractivity contribution in [3.63, 3.8) is 0 Å². The first kappa shape index (κ1) is 23.7. The summed E-state index contributed by atoms with van der Waals surface area (Å²) >= 11 is 6.16. The fraction of sp³-hybridized carbons (Fsp3) is 0.115. The second kappa shape index (κ2) is 10.2. The highest BCUT2D eigenvalue weighted by molar-refractivity contribution is 6.39. The lowest BCUT2D eigenvalue weighted by molar-refractivity contribution is -0.121. The van der Waals surface area contributed by atoms with Crippen molar-refractivity contribution in [1.82, 2.24) is 0 Å². The predicted molar refractivity (Wildman–Crippen MR) is 128 cm³/mol. The SMILES string of the molecule is N#CCCN(C(=O)COC(=O)c1ccc2c(c1)C(=O)N(c1ccccc1Cl)C2=O)c1ccccc1.